The zero-order valence-electron chi connectivity index (χ0n) is 10.8. The largest absolute Gasteiger partial charge is 0.465 e. The number of esters is 1. The van der Waals surface area contributed by atoms with E-state index < -0.39 is 5.97 Å². The fraction of sp³-hybridized carbons (Fsp3) is 0.0714. The normalized spacial score (nSPS) is 10.3. The molecule has 0 unspecified atom stereocenters. The number of rotatable bonds is 3. The van der Waals surface area contributed by atoms with E-state index in [0.29, 0.717) is 15.7 Å². The molecule has 0 fully saturated rings. The summed E-state index contributed by atoms with van der Waals surface area (Å²) in [6.45, 7) is 0. The van der Waals surface area contributed by atoms with Gasteiger partial charge in [-0.1, -0.05) is 34.8 Å². The molecule has 0 aromatic heterocycles. The van der Waals surface area contributed by atoms with Crippen molar-refractivity contribution >= 4 is 46.5 Å². The van der Waals surface area contributed by atoms with Crippen molar-refractivity contribution in [1.82, 2.24) is 0 Å². The Morgan fingerprint density at radius 1 is 1.10 bits per heavy atom. The Bertz CT molecular complexity index is 704. The van der Waals surface area contributed by atoms with Crippen LogP contribution in [0.3, 0.4) is 0 Å². The van der Waals surface area contributed by atoms with Crippen molar-refractivity contribution in [3.63, 3.8) is 0 Å². The van der Waals surface area contributed by atoms with E-state index in [1.807, 2.05) is 0 Å². The van der Waals surface area contributed by atoms with Gasteiger partial charge in [-0.05, 0) is 24.3 Å². The highest BCUT2D eigenvalue weighted by molar-refractivity contribution is 6.34. The van der Waals surface area contributed by atoms with Crippen molar-refractivity contribution in [3.05, 3.63) is 51.0 Å². The standard InChI is InChI=1S/C14H10Cl3NO3/c1-20-14(19)9-5-8(18)6-11(17)13(9)21-12-4-7(15)2-3-10(12)16/h2-6H,18H2,1H3. The molecule has 0 saturated heterocycles. The van der Waals surface area contributed by atoms with E-state index in [2.05, 4.69) is 4.74 Å². The predicted octanol–water partition coefficient (Wildman–Crippen LogP) is 4.81. The van der Waals surface area contributed by atoms with Gasteiger partial charge in [-0.3, -0.25) is 0 Å². The molecule has 0 radical (unpaired) electrons. The molecule has 0 atom stereocenters. The van der Waals surface area contributed by atoms with Gasteiger partial charge in [0.05, 0.1) is 17.2 Å². The molecule has 2 N–H and O–H groups in total. The zero-order valence-corrected chi connectivity index (χ0v) is 13.1. The van der Waals surface area contributed by atoms with E-state index >= 15 is 0 Å². The van der Waals surface area contributed by atoms with Crippen molar-refractivity contribution in [2.75, 3.05) is 12.8 Å². The van der Waals surface area contributed by atoms with Gasteiger partial charge in [0.15, 0.2) is 5.75 Å². The Labute approximate surface area is 136 Å². The third-order valence-corrected chi connectivity index (χ3v) is 3.40. The third kappa shape index (κ3) is 3.53. The van der Waals surface area contributed by atoms with E-state index in [9.17, 15) is 4.79 Å². The van der Waals surface area contributed by atoms with Crippen LogP contribution in [-0.4, -0.2) is 13.1 Å². The van der Waals surface area contributed by atoms with Crippen LogP contribution >= 0.6 is 34.8 Å². The summed E-state index contributed by atoms with van der Waals surface area (Å²) in [6, 6.07) is 7.57. The van der Waals surface area contributed by atoms with Crippen LogP contribution in [0.1, 0.15) is 10.4 Å². The number of hydrogen-bond acceptors (Lipinski definition) is 4. The number of halogens is 3. The molecule has 0 aliphatic carbocycles. The second-order valence-electron chi connectivity index (χ2n) is 4.05. The van der Waals surface area contributed by atoms with Crippen LogP contribution in [0.15, 0.2) is 30.3 Å². The van der Waals surface area contributed by atoms with Gasteiger partial charge < -0.3 is 15.2 Å². The first-order valence-electron chi connectivity index (χ1n) is 5.72. The van der Waals surface area contributed by atoms with Gasteiger partial charge in [-0.15, -0.1) is 0 Å². The summed E-state index contributed by atoms with van der Waals surface area (Å²) in [5.74, 6) is -0.264. The molecule has 21 heavy (non-hydrogen) atoms. The number of carbonyl (C=O) groups excluding carboxylic acids is 1. The Hall–Kier alpha value is -1.62. The lowest BCUT2D eigenvalue weighted by molar-refractivity contribution is 0.0598. The van der Waals surface area contributed by atoms with Crippen molar-refractivity contribution in [2.24, 2.45) is 0 Å². The molecular formula is C14H10Cl3NO3. The van der Waals surface area contributed by atoms with E-state index in [1.165, 1.54) is 25.3 Å². The van der Waals surface area contributed by atoms with Crippen LogP contribution in [0.25, 0.3) is 0 Å². The van der Waals surface area contributed by atoms with E-state index in [-0.39, 0.29) is 22.1 Å². The molecule has 7 heteroatoms. The topological polar surface area (TPSA) is 61.5 Å². The summed E-state index contributed by atoms with van der Waals surface area (Å²) in [5.41, 5.74) is 6.08. The second kappa shape index (κ2) is 6.43. The molecule has 2 aromatic carbocycles. The number of nitrogens with two attached hydrogens (primary N) is 1. The highest BCUT2D eigenvalue weighted by Gasteiger charge is 2.19. The smallest absolute Gasteiger partial charge is 0.341 e. The Balaban J connectivity index is 2.53. The van der Waals surface area contributed by atoms with Gasteiger partial charge in [0, 0.05) is 16.8 Å². The van der Waals surface area contributed by atoms with Gasteiger partial charge in [0.1, 0.15) is 11.3 Å². The summed E-state index contributed by atoms with van der Waals surface area (Å²) >= 11 is 18.0. The molecule has 0 saturated carbocycles. The third-order valence-electron chi connectivity index (χ3n) is 2.58. The lowest BCUT2D eigenvalue weighted by Gasteiger charge is -2.13. The van der Waals surface area contributed by atoms with Crippen LogP contribution in [0, 0.1) is 0 Å². The molecule has 0 aliphatic heterocycles. The maximum atomic E-state index is 11.8. The van der Waals surface area contributed by atoms with Gasteiger partial charge in [0.2, 0.25) is 0 Å². The minimum atomic E-state index is -0.627. The first-order chi connectivity index (χ1) is 9.92. The summed E-state index contributed by atoms with van der Waals surface area (Å²) in [7, 11) is 1.25. The monoisotopic (exact) mass is 345 g/mol. The van der Waals surface area contributed by atoms with Crippen molar-refractivity contribution in [1.29, 1.82) is 0 Å². The molecular weight excluding hydrogens is 337 g/mol. The number of methoxy groups -OCH3 is 1. The number of hydrogen-bond donors (Lipinski definition) is 1. The molecule has 0 amide bonds. The van der Waals surface area contributed by atoms with Gasteiger partial charge in [-0.2, -0.15) is 0 Å². The van der Waals surface area contributed by atoms with Crippen LogP contribution in [0.4, 0.5) is 5.69 Å². The first kappa shape index (κ1) is 15.8. The van der Waals surface area contributed by atoms with E-state index in [1.54, 1.807) is 12.1 Å². The van der Waals surface area contributed by atoms with Crippen LogP contribution in [0.2, 0.25) is 15.1 Å². The molecule has 2 rings (SSSR count). The quantitative estimate of drug-likeness (QED) is 0.640. The van der Waals surface area contributed by atoms with Crippen molar-refractivity contribution in [2.45, 2.75) is 0 Å². The highest BCUT2D eigenvalue weighted by Crippen LogP contribution is 2.38. The number of benzene rings is 2. The molecule has 0 spiro atoms. The minimum absolute atomic E-state index is 0.0959. The van der Waals surface area contributed by atoms with Crippen LogP contribution in [-0.2, 0) is 4.74 Å². The van der Waals surface area contributed by atoms with Crippen molar-refractivity contribution < 1.29 is 14.3 Å². The minimum Gasteiger partial charge on any atom is -0.465 e. The second-order valence-corrected chi connectivity index (χ2v) is 5.30. The number of carbonyl (C=O) groups is 1. The lowest BCUT2D eigenvalue weighted by Crippen LogP contribution is -2.05. The van der Waals surface area contributed by atoms with Crippen LogP contribution in [0.5, 0.6) is 11.5 Å². The average Bonchev–Trinajstić information content (AvgIpc) is 2.44. The maximum Gasteiger partial charge on any atom is 0.341 e. The summed E-state index contributed by atoms with van der Waals surface area (Å²) in [6.07, 6.45) is 0. The predicted molar refractivity (Wildman–Crippen MR) is 83.7 cm³/mol. The molecule has 4 nitrogen and oxygen atoms in total. The van der Waals surface area contributed by atoms with Gasteiger partial charge >= 0.3 is 5.97 Å². The highest BCUT2D eigenvalue weighted by atomic mass is 35.5. The number of anilines is 1. The molecule has 110 valence electrons. The zero-order chi connectivity index (χ0) is 15.6. The molecule has 0 bridgehead atoms. The Morgan fingerprint density at radius 2 is 1.81 bits per heavy atom. The fourth-order valence-corrected chi connectivity index (χ4v) is 2.23. The fourth-order valence-electron chi connectivity index (χ4n) is 1.65. The SMILES string of the molecule is COC(=O)c1cc(N)cc(Cl)c1Oc1cc(Cl)ccc1Cl. The summed E-state index contributed by atoms with van der Waals surface area (Å²) < 4.78 is 10.3. The average molecular weight is 347 g/mol. The maximum absolute atomic E-state index is 11.8. The number of ether oxygens (including phenoxy) is 2. The summed E-state index contributed by atoms with van der Waals surface area (Å²) in [4.78, 5) is 11.8. The van der Waals surface area contributed by atoms with Gasteiger partial charge in [-0.25, -0.2) is 4.79 Å². The lowest BCUT2D eigenvalue weighted by atomic mass is 10.1. The van der Waals surface area contributed by atoms with E-state index in [4.69, 9.17) is 45.3 Å². The van der Waals surface area contributed by atoms with Gasteiger partial charge in [0.25, 0.3) is 0 Å². The number of nitrogen functional groups attached to an aromatic ring is 1. The summed E-state index contributed by atoms with van der Waals surface area (Å²) in [5, 5.41) is 0.912. The Kier molecular flexibility index (Phi) is 4.83. The molecule has 0 heterocycles. The van der Waals surface area contributed by atoms with Crippen molar-refractivity contribution in [3.8, 4) is 11.5 Å². The molecule has 2 aromatic rings. The van der Waals surface area contributed by atoms with Crippen LogP contribution < -0.4 is 10.5 Å². The first-order valence-corrected chi connectivity index (χ1v) is 6.86. The molecule has 0 aliphatic rings. The van der Waals surface area contributed by atoms with E-state index in [0.717, 1.165) is 0 Å². The Morgan fingerprint density at radius 3 is 2.48 bits per heavy atom.